The van der Waals surface area contributed by atoms with Crippen molar-refractivity contribution in [2.24, 2.45) is 0 Å². The van der Waals surface area contributed by atoms with Gasteiger partial charge in [0.15, 0.2) is 6.35 Å². The average Bonchev–Trinajstić information content (AvgIpc) is 2.70. The second-order valence-electron chi connectivity index (χ2n) is 6.21. The van der Waals surface area contributed by atoms with E-state index in [4.69, 9.17) is 4.74 Å². The van der Waals surface area contributed by atoms with E-state index in [1.165, 1.54) is 15.9 Å². The third kappa shape index (κ3) is 4.00. The van der Waals surface area contributed by atoms with Crippen molar-refractivity contribution in [2.75, 3.05) is 13.0 Å². The van der Waals surface area contributed by atoms with Crippen LogP contribution in [-0.4, -0.2) is 13.0 Å². The van der Waals surface area contributed by atoms with Gasteiger partial charge in [-0.1, -0.05) is 67.9 Å². The molecule has 1 nitrogen and oxygen atoms in total. The van der Waals surface area contributed by atoms with Gasteiger partial charge in [0.2, 0.25) is 0 Å². The maximum atomic E-state index is 6.25. The molecule has 0 aliphatic carbocycles. The summed E-state index contributed by atoms with van der Waals surface area (Å²) in [6.45, 7) is 3.03. The van der Waals surface area contributed by atoms with E-state index in [1.807, 2.05) is 0 Å². The molecular weight excluding hydrogens is 323 g/mol. The Kier molecular flexibility index (Phi) is 6.39. The molecule has 0 saturated heterocycles. The van der Waals surface area contributed by atoms with Gasteiger partial charge >= 0.3 is 0 Å². The maximum Gasteiger partial charge on any atom is 0.171 e. The zero-order valence-corrected chi connectivity index (χ0v) is 15.7. The van der Waals surface area contributed by atoms with Gasteiger partial charge in [-0.05, 0) is 42.8 Å². The van der Waals surface area contributed by atoms with Crippen LogP contribution in [0.15, 0.2) is 91.0 Å². The maximum absolute atomic E-state index is 6.25. The van der Waals surface area contributed by atoms with Gasteiger partial charge in [0.05, 0.1) is 6.61 Å². The van der Waals surface area contributed by atoms with Crippen LogP contribution in [0.5, 0.6) is 0 Å². The fourth-order valence-corrected chi connectivity index (χ4v) is 6.95. The predicted octanol–water partition coefficient (Wildman–Crippen LogP) is 4.75. The first kappa shape index (κ1) is 17.9. The molecule has 0 aliphatic heterocycles. The molecule has 3 aromatic carbocycles. The van der Waals surface area contributed by atoms with Gasteiger partial charge in [-0.3, -0.25) is 0 Å². The van der Waals surface area contributed by atoms with Crippen molar-refractivity contribution in [3.8, 4) is 0 Å². The smallest absolute Gasteiger partial charge is 0.171 e. The third-order valence-corrected chi connectivity index (χ3v) is 8.63. The summed E-state index contributed by atoms with van der Waals surface area (Å²) in [4.78, 5) is 0. The van der Waals surface area contributed by atoms with E-state index in [1.54, 1.807) is 0 Å². The molecule has 0 fully saturated rings. The van der Waals surface area contributed by atoms with E-state index >= 15 is 0 Å². The van der Waals surface area contributed by atoms with Crippen LogP contribution >= 0.6 is 7.26 Å². The predicted molar refractivity (Wildman–Crippen MR) is 111 cm³/mol. The third-order valence-electron chi connectivity index (χ3n) is 4.52. The molecule has 0 radical (unpaired) electrons. The topological polar surface area (TPSA) is 9.23 Å². The highest BCUT2D eigenvalue weighted by Gasteiger charge is 2.45. The van der Waals surface area contributed by atoms with Crippen molar-refractivity contribution in [1.82, 2.24) is 0 Å². The van der Waals surface area contributed by atoms with Crippen molar-refractivity contribution in [3.05, 3.63) is 91.0 Å². The van der Waals surface area contributed by atoms with Gasteiger partial charge in [0.25, 0.3) is 0 Å². The van der Waals surface area contributed by atoms with Crippen molar-refractivity contribution in [2.45, 2.75) is 19.8 Å². The Balaban J connectivity index is 2.13. The molecule has 0 amide bonds. The molecule has 0 N–H and O–H groups in total. The van der Waals surface area contributed by atoms with Gasteiger partial charge in [0.1, 0.15) is 23.2 Å². The van der Waals surface area contributed by atoms with E-state index in [9.17, 15) is 0 Å². The first-order valence-corrected chi connectivity index (χ1v) is 11.0. The summed E-state index contributed by atoms with van der Waals surface area (Å²) in [6.07, 6.45) is 3.02. The van der Waals surface area contributed by atoms with Gasteiger partial charge in [-0.2, -0.15) is 0 Å². The lowest BCUT2D eigenvalue weighted by molar-refractivity contribution is 0.176. The molecule has 128 valence electrons. The zero-order chi connectivity index (χ0) is 17.4. The monoisotopic (exact) mass is 349 g/mol. The number of hydrogen-bond acceptors (Lipinski definition) is 1. The van der Waals surface area contributed by atoms with E-state index in [0.29, 0.717) is 0 Å². The van der Waals surface area contributed by atoms with E-state index in [-0.39, 0.29) is 0 Å². The molecule has 0 spiro atoms. The summed E-state index contributed by atoms with van der Waals surface area (Å²) in [7, 11) is -1.82. The number of ether oxygens (including phenoxy) is 1. The number of benzene rings is 3. The molecule has 0 unspecified atom stereocenters. The standard InChI is InChI=1S/C23H26OP/c1-2-3-19-24-20-25(21-13-7-4-8-14-21,22-15-9-5-10-16-22)23-17-11-6-12-18-23/h4-18H,2-3,19-20H2,1H3/q+1. The van der Waals surface area contributed by atoms with Crippen LogP contribution in [0.2, 0.25) is 0 Å². The highest BCUT2D eigenvalue weighted by Crippen LogP contribution is 2.55. The van der Waals surface area contributed by atoms with Crippen LogP contribution in [-0.2, 0) is 4.74 Å². The van der Waals surface area contributed by atoms with Crippen LogP contribution in [0.3, 0.4) is 0 Å². The molecule has 3 aromatic rings. The van der Waals surface area contributed by atoms with E-state index < -0.39 is 7.26 Å². The zero-order valence-electron chi connectivity index (χ0n) is 14.8. The summed E-state index contributed by atoms with van der Waals surface area (Å²) < 4.78 is 6.25. The Bertz CT molecular complexity index is 644. The lowest BCUT2D eigenvalue weighted by atomic mass is 10.4. The highest BCUT2D eigenvalue weighted by molar-refractivity contribution is 7.95. The molecule has 2 heteroatoms. The van der Waals surface area contributed by atoms with Crippen LogP contribution in [0.1, 0.15) is 19.8 Å². The van der Waals surface area contributed by atoms with Gasteiger partial charge in [-0.15, -0.1) is 0 Å². The lowest BCUT2D eigenvalue weighted by Gasteiger charge is -2.27. The largest absolute Gasteiger partial charge is 0.345 e. The van der Waals surface area contributed by atoms with Crippen molar-refractivity contribution >= 4 is 23.2 Å². The minimum Gasteiger partial charge on any atom is -0.345 e. The van der Waals surface area contributed by atoms with E-state index in [0.717, 1.165) is 25.8 Å². The van der Waals surface area contributed by atoms with Gasteiger partial charge in [0, 0.05) is 0 Å². The Labute approximate surface area is 152 Å². The first-order valence-electron chi connectivity index (χ1n) is 9.00. The van der Waals surface area contributed by atoms with Crippen molar-refractivity contribution < 1.29 is 4.74 Å². The average molecular weight is 349 g/mol. The summed E-state index contributed by atoms with van der Waals surface area (Å²) >= 11 is 0. The quantitative estimate of drug-likeness (QED) is 0.421. The Morgan fingerprint density at radius 1 is 0.640 bits per heavy atom. The van der Waals surface area contributed by atoms with Crippen molar-refractivity contribution in [1.29, 1.82) is 0 Å². The van der Waals surface area contributed by atoms with Crippen LogP contribution < -0.4 is 15.9 Å². The fourth-order valence-electron chi connectivity index (χ4n) is 3.17. The van der Waals surface area contributed by atoms with Crippen LogP contribution in [0.25, 0.3) is 0 Å². The normalized spacial score (nSPS) is 11.4. The molecule has 0 heterocycles. The Hall–Kier alpha value is -1.95. The molecule has 25 heavy (non-hydrogen) atoms. The SMILES string of the molecule is CCCCOC[P+](c1ccccc1)(c1ccccc1)c1ccccc1. The Morgan fingerprint density at radius 2 is 1.04 bits per heavy atom. The lowest BCUT2D eigenvalue weighted by Crippen LogP contribution is -2.34. The number of unbranched alkanes of at least 4 members (excludes halogenated alkanes) is 1. The molecule has 0 bridgehead atoms. The molecule has 0 saturated carbocycles. The first-order chi connectivity index (χ1) is 12.4. The molecule has 0 aromatic heterocycles. The molecule has 0 atom stereocenters. The summed E-state index contributed by atoms with van der Waals surface area (Å²) in [5.41, 5.74) is 0. The highest BCUT2D eigenvalue weighted by atomic mass is 31.2. The number of rotatable bonds is 8. The minimum absolute atomic E-state index is 0.755. The van der Waals surface area contributed by atoms with Gasteiger partial charge < -0.3 is 4.74 Å². The molecular formula is C23H26OP+. The van der Waals surface area contributed by atoms with Gasteiger partial charge in [-0.25, -0.2) is 0 Å². The van der Waals surface area contributed by atoms with E-state index in [2.05, 4.69) is 97.9 Å². The minimum atomic E-state index is -1.82. The second-order valence-corrected chi connectivity index (χ2v) is 9.63. The molecule has 3 rings (SSSR count). The second kappa shape index (κ2) is 8.94. The van der Waals surface area contributed by atoms with Crippen molar-refractivity contribution in [3.63, 3.8) is 0 Å². The Morgan fingerprint density at radius 3 is 1.40 bits per heavy atom. The summed E-state index contributed by atoms with van der Waals surface area (Å²) in [6, 6.07) is 32.7. The molecule has 0 aliphatic rings. The number of hydrogen-bond donors (Lipinski definition) is 0. The fraction of sp³-hybridized carbons (Fsp3) is 0.217. The van der Waals surface area contributed by atoms with Crippen LogP contribution in [0.4, 0.5) is 0 Å². The summed E-state index contributed by atoms with van der Waals surface area (Å²) in [5.74, 6) is 0. The summed E-state index contributed by atoms with van der Waals surface area (Å²) in [5, 5.41) is 4.14. The van der Waals surface area contributed by atoms with Crippen LogP contribution in [0, 0.1) is 0 Å².